The Bertz CT molecular complexity index is 1030. The van der Waals surface area contributed by atoms with Gasteiger partial charge >= 0.3 is 18.3 Å². The van der Waals surface area contributed by atoms with E-state index in [4.69, 9.17) is 14.2 Å². The summed E-state index contributed by atoms with van der Waals surface area (Å²) < 4.78 is 65.7. The van der Waals surface area contributed by atoms with Crippen LogP contribution >= 0.6 is 0 Å². The van der Waals surface area contributed by atoms with Gasteiger partial charge in [0.2, 0.25) is 0 Å². The fourth-order valence-corrected chi connectivity index (χ4v) is 4.73. The van der Waals surface area contributed by atoms with E-state index in [1.165, 1.54) is 19.2 Å². The second-order valence-electron chi connectivity index (χ2n) is 8.91. The van der Waals surface area contributed by atoms with Crippen molar-refractivity contribution >= 4 is 5.97 Å². The minimum atomic E-state index is -4.17. The Hall–Kier alpha value is -2.85. The molecule has 190 valence electrons. The Labute approximate surface area is 201 Å². The van der Waals surface area contributed by atoms with Gasteiger partial charge < -0.3 is 14.2 Å². The molecule has 2 saturated heterocycles. The van der Waals surface area contributed by atoms with Crippen molar-refractivity contribution in [3.05, 3.63) is 59.2 Å². The SMILES string of the molecule is COC(=O)c1ccc(CN2C[C@H]3C[C@H]2CN3Cc2ccc(OCC(F)(F)C(F)F)cc2)c(OC)c1. The molecule has 10 heteroatoms. The highest BCUT2D eigenvalue weighted by molar-refractivity contribution is 5.89. The van der Waals surface area contributed by atoms with Crippen molar-refractivity contribution in [2.45, 2.75) is 43.9 Å². The molecule has 2 aromatic rings. The number of methoxy groups -OCH3 is 2. The maximum absolute atomic E-state index is 13.0. The highest BCUT2D eigenvalue weighted by atomic mass is 19.3. The summed E-state index contributed by atoms with van der Waals surface area (Å²) in [6.07, 6.45) is -2.71. The molecule has 2 aliphatic heterocycles. The predicted molar refractivity (Wildman–Crippen MR) is 120 cm³/mol. The van der Waals surface area contributed by atoms with Crippen LogP contribution in [0, 0.1) is 0 Å². The zero-order valence-corrected chi connectivity index (χ0v) is 19.6. The molecule has 0 saturated carbocycles. The first-order valence-electron chi connectivity index (χ1n) is 11.3. The van der Waals surface area contributed by atoms with E-state index >= 15 is 0 Å². The number of rotatable bonds is 10. The highest BCUT2D eigenvalue weighted by Gasteiger charge is 2.43. The minimum absolute atomic E-state index is 0.135. The van der Waals surface area contributed by atoms with Crippen molar-refractivity contribution < 1.29 is 36.6 Å². The van der Waals surface area contributed by atoms with E-state index in [9.17, 15) is 22.4 Å². The molecular weight excluding hydrogens is 468 g/mol. The number of carbonyl (C=O) groups excluding carboxylic acids is 1. The Morgan fingerprint density at radius 3 is 2.26 bits per heavy atom. The van der Waals surface area contributed by atoms with Crippen LogP contribution in [0.1, 0.15) is 27.9 Å². The lowest BCUT2D eigenvalue weighted by Gasteiger charge is -2.34. The number of ether oxygens (including phenoxy) is 3. The van der Waals surface area contributed by atoms with Crippen LogP contribution in [0.2, 0.25) is 0 Å². The van der Waals surface area contributed by atoms with E-state index in [-0.39, 0.29) is 5.75 Å². The van der Waals surface area contributed by atoms with Gasteiger partial charge in [0.15, 0.2) is 6.61 Å². The lowest BCUT2D eigenvalue weighted by molar-refractivity contribution is -0.148. The molecule has 0 amide bonds. The summed E-state index contributed by atoms with van der Waals surface area (Å²) >= 11 is 0. The maximum atomic E-state index is 13.0. The number of hydrogen-bond donors (Lipinski definition) is 0. The van der Waals surface area contributed by atoms with Crippen molar-refractivity contribution in [1.29, 1.82) is 0 Å². The third kappa shape index (κ3) is 5.70. The van der Waals surface area contributed by atoms with Crippen LogP contribution in [0.3, 0.4) is 0 Å². The van der Waals surface area contributed by atoms with Crippen molar-refractivity contribution in [2.24, 2.45) is 0 Å². The second kappa shape index (κ2) is 10.4. The third-order valence-corrected chi connectivity index (χ3v) is 6.61. The van der Waals surface area contributed by atoms with E-state index in [0.29, 0.717) is 29.9 Å². The molecule has 0 aromatic heterocycles. The quantitative estimate of drug-likeness (QED) is 0.363. The van der Waals surface area contributed by atoms with Crippen LogP contribution in [-0.4, -0.2) is 74.1 Å². The van der Waals surface area contributed by atoms with Gasteiger partial charge in [-0.05, 0) is 36.2 Å². The van der Waals surface area contributed by atoms with Crippen LogP contribution in [-0.2, 0) is 17.8 Å². The lowest BCUT2D eigenvalue weighted by atomic mass is 10.1. The molecule has 0 N–H and O–H groups in total. The summed E-state index contributed by atoms with van der Waals surface area (Å²) in [6, 6.07) is 12.7. The van der Waals surface area contributed by atoms with Crippen LogP contribution < -0.4 is 9.47 Å². The number of nitrogens with zero attached hydrogens (tertiary/aromatic N) is 2. The van der Waals surface area contributed by atoms with E-state index in [2.05, 4.69) is 9.80 Å². The fraction of sp³-hybridized carbons (Fsp3) is 0.480. The summed E-state index contributed by atoms with van der Waals surface area (Å²) in [5, 5.41) is 0. The largest absolute Gasteiger partial charge is 0.496 e. The normalized spacial score (nSPS) is 20.4. The summed E-state index contributed by atoms with van der Waals surface area (Å²) in [6.45, 7) is 1.86. The Morgan fingerprint density at radius 1 is 1.03 bits per heavy atom. The molecule has 0 radical (unpaired) electrons. The van der Waals surface area contributed by atoms with Gasteiger partial charge in [-0.3, -0.25) is 9.80 Å². The van der Waals surface area contributed by atoms with Crippen molar-refractivity contribution in [3.8, 4) is 11.5 Å². The molecule has 2 aliphatic rings. The summed E-state index contributed by atoms with van der Waals surface area (Å²) in [5.41, 5.74) is 2.45. The van der Waals surface area contributed by atoms with Gasteiger partial charge in [0, 0.05) is 43.8 Å². The Morgan fingerprint density at radius 2 is 1.69 bits per heavy atom. The summed E-state index contributed by atoms with van der Waals surface area (Å²) in [5.74, 6) is -3.79. The zero-order chi connectivity index (χ0) is 25.2. The predicted octanol–water partition coefficient (Wildman–Crippen LogP) is 4.22. The average molecular weight is 497 g/mol. The first-order valence-corrected chi connectivity index (χ1v) is 11.3. The van der Waals surface area contributed by atoms with Gasteiger partial charge in [0.1, 0.15) is 11.5 Å². The smallest absolute Gasteiger partial charge is 0.340 e. The second-order valence-corrected chi connectivity index (χ2v) is 8.91. The maximum Gasteiger partial charge on any atom is 0.340 e. The van der Waals surface area contributed by atoms with Gasteiger partial charge in [-0.25, -0.2) is 13.6 Å². The molecule has 0 spiro atoms. The van der Waals surface area contributed by atoms with E-state index in [1.54, 1.807) is 31.4 Å². The number of alkyl halides is 4. The number of fused-ring (bicyclic) bond motifs is 2. The first-order chi connectivity index (χ1) is 16.7. The lowest BCUT2D eigenvalue weighted by Crippen LogP contribution is -2.45. The van der Waals surface area contributed by atoms with Crippen LogP contribution in [0.15, 0.2) is 42.5 Å². The molecule has 0 aliphatic carbocycles. The molecule has 2 heterocycles. The van der Waals surface area contributed by atoms with Crippen LogP contribution in [0.5, 0.6) is 11.5 Å². The van der Waals surface area contributed by atoms with Gasteiger partial charge in [0.05, 0.1) is 19.8 Å². The minimum Gasteiger partial charge on any atom is -0.496 e. The van der Waals surface area contributed by atoms with Crippen LogP contribution in [0.25, 0.3) is 0 Å². The number of piperazine rings is 1. The fourth-order valence-electron chi connectivity index (χ4n) is 4.73. The van der Waals surface area contributed by atoms with Gasteiger partial charge in [-0.2, -0.15) is 8.78 Å². The van der Waals surface area contributed by atoms with Gasteiger partial charge in [-0.15, -0.1) is 0 Å². The van der Waals surface area contributed by atoms with Crippen LogP contribution in [0.4, 0.5) is 17.6 Å². The molecule has 2 atom stereocenters. The number of benzene rings is 2. The number of carbonyl (C=O) groups is 1. The summed E-state index contributed by atoms with van der Waals surface area (Å²) in [4.78, 5) is 16.6. The number of esters is 1. The molecular formula is C25H28F4N2O4. The van der Waals surface area contributed by atoms with Gasteiger partial charge in [-0.1, -0.05) is 18.2 Å². The Balaban J connectivity index is 1.30. The van der Waals surface area contributed by atoms with E-state index in [1.807, 2.05) is 6.07 Å². The first kappa shape index (κ1) is 25.2. The van der Waals surface area contributed by atoms with E-state index < -0.39 is 24.9 Å². The molecule has 4 rings (SSSR count). The molecule has 0 unspecified atom stereocenters. The Kier molecular flexibility index (Phi) is 7.51. The number of halogens is 4. The topological polar surface area (TPSA) is 51.2 Å². The highest BCUT2D eigenvalue weighted by Crippen LogP contribution is 2.34. The number of hydrogen-bond acceptors (Lipinski definition) is 6. The average Bonchev–Trinajstić information content (AvgIpc) is 3.43. The third-order valence-electron chi connectivity index (χ3n) is 6.61. The molecule has 35 heavy (non-hydrogen) atoms. The van der Waals surface area contributed by atoms with E-state index in [0.717, 1.165) is 37.2 Å². The summed E-state index contributed by atoms with van der Waals surface area (Å²) in [7, 11) is 2.92. The molecule has 2 bridgehead atoms. The molecule has 6 nitrogen and oxygen atoms in total. The zero-order valence-electron chi connectivity index (χ0n) is 19.6. The van der Waals surface area contributed by atoms with Gasteiger partial charge in [0.25, 0.3) is 0 Å². The van der Waals surface area contributed by atoms with Crippen molar-refractivity contribution in [3.63, 3.8) is 0 Å². The van der Waals surface area contributed by atoms with Crippen molar-refractivity contribution in [1.82, 2.24) is 9.80 Å². The van der Waals surface area contributed by atoms with Crippen molar-refractivity contribution in [2.75, 3.05) is 33.9 Å². The number of likely N-dealkylation sites (tertiary alicyclic amines) is 2. The molecule has 2 fully saturated rings. The molecule has 2 aromatic carbocycles. The standard InChI is InChI=1S/C25H28F4N2O4/c1-33-22-9-17(23(32)34-2)5-6-18(22)12-31-14-19-10-20(31)13-30(19)11-16-3-7-21(8-4-16)35-15-25(28,29)24(26)27/h3-9,19-20,24H,10-15H2,1-2H3/t19-,20+/m1/s1. The monoisotopic (exact) mass is 496 g/mol.